The lowest BCUT2D eigenvalue weighted by Crippen LogP contribution is -1.99. The van der Waals surface area contributed by atoms with E-state index < -0.39 is 6.67 Å². The standard InChI is InChI=1S/C10H10FNO/c11-6-3-7-13-10-5-2-1-4-9(10)8-12/h1-2,4-5H,3,6-7H2. The topological polar surface area (TPSA) is 33.0 Å². The zero-order chi connectivity index (χ0) is 9.52. The second-order valence-corrected chi connectivity index (χ2v) is 2.50. The van der Waals surface area contributed by atoms with Crippen LogP contribution in [0, 0.1) is 11.3 Å². The SMILES string of the molecule is N#Cc1ccccc1OCCCF. The number of nitriles is 1. The number of benzene rings is 1. The fourth-order valence-electron chi connectivity index (χ4n) is 0.922. The maximum atomic E-state index is 11.7. The Morgan fingerprint density at radius 3 is 2.85 bits per heavy atom. The van der Waals surface area contributed by atoms with Crippen molar-refractivity contribution in [3.63, 3.8) is 0 Å². The number of hydrogen-bond acceptors (Lipinski definition) is 2. The van der Waals surface area contributed by atoms with Crippen LogP contribution < -0.4 is 4.74 Å². The average molecular weight is 179 g/mol. The zero-order valence-electron chi connectivity index (χ0n) is 7.16. The molecule has 0 aliphatic rings. The summed E-state index contributed by atoms with van der Waals surface area (Å²) in [5.41, 5.74) is 0.487. The van der Waals surface area contributed by atoms with Crippen LogP contribution in [0.25, 0.3) is 0 Å². The van der Waals surface area contributed by atoms with E-state index in [0.717, 1.165) is 0 Å². The third-order valence-corrected chi connectivity index (χ3v) is 1.54. The molecule has 0 radical (unpaired) electrons. The van der Waals surface area contributed by atoms with E-state index >= 15 is 0 Å². The van der Waals surface area contributed by atoms with Gasteiger partial charge in [-0.1, -0.05) is 12.1 Å². The molecule has 0 atom stereocenters. The number of halogens is 1. The van der Waals surface area contributed by atoms with Gasteiger partial charge in [0.1, 0.15) is 11.8 Å². The van der Waals surface area contributed by atoms with E-state index in [-0.39, 0.29) is 0 Å². The number of alkyl halides is 1. The summed E-state index contributed by atoms with van der Waals surface area (Å²) in [6, 6.07) is 8.93. The zero-order valence-corrected chi connectivity index (χ0v) is 7.16. The molecule has 0 fully saturated rings. The fourth-order valence-corrected chi connectivity index (χ4v) is 0.922. The van der Waals surface area contributed by atoms with Crippen LogP contribution in [0.1, 0.15) is 12.0 Å². The minimum Gasteiger partial charge on any atom is -0.492 e. The number of rotatable bonds is 4. The molecule has 68 valence electrons. The summed E-state index contributed by atoms with van der Waals surface area (Å²) in [6.07, 6.45) is 0.361. The highest BCUT2D eigenvalue weighted by Gasteiger charge is 2.00. The van der Waals surface area contributed by atoms with E-state index in [2.05, 4.69) is 0 Å². The average Bonchev–Trinajstić information content (AvgIpc) is 2.19. The van der Waals surface area contributed by atoms with E-state index in [1.165, 1.54) is 0 Å². The second kappa shape index (κ2) is 5.15. The van der Waals surface area contributed by atoms with Crippen molar-refractivity contribution in [2.24, 2.45) is 0 Å². The molecule has 0 aliphatic carbocycles. The first-order valence-corrected chi connectivity index (χ1v) is 4.06. The maximum Gasteiger partial charge on any atom is 0.137 e. The first kappa shape index (κ1) is 9.53. The second-order valence-electron chi connectivity index (χ2n) is 2.50. The highest BCUT2D eigenvalue weighted by Crippen LogP contribution is 2.16. The molecule has 0 N–H and O–H groups in total. The van der Waals surface area contributed by atoms with E-state index in [1.807, 2.05) is 6.07 Å². The molecule has 0 unspecified atom stereocenters. The first-order chi connectivity index (χ1) is 6.38. The Kier molecular flexibility index (Phi) is 3.77. The summed E-state index contributed by atoms with van der Waals surface area (Å²) >= 11 is 0. The van der Waals surface area contributed by atoms with Crippen LogP contribution in [0.15, 0.2) is 24.3 Å². The molecule has 3 heteroatoms. The number of ether oxygens (including phenoxy) is 1. The normalized spacial score (nSPS) is 9.23. The van der Waals surface area contributed by atoms with Gasteiger partial charge in [0.25, 0.3) is 0 Å². The quantitative estimate of drug-likeness (QED) is 0.664. The van der Waals surface area contributed by atoms with Gasteiger partial charge in [-0.3, -0.25) is 4.39 Å². The van der Waals surface area contributed by atoms with E-state index in [9.17, 15) is 4.39 Å². The molecule has 0 saturated heterocycles. The van der Waals surface area contributed by atoms with Crippen molar-refractivity contribution < 1.29 is 9.13 Å². The smallest absolute Gasteiger partial charge is 0.137 e. The van der Waals surface area contributed by atoms with Gasteiger partial charge in [0.2, 0.25) is 0 Å². The first-order valence-electron chi connectivity index (χ1n) is 4.06. The number of para-hydroxylation sites is 1. The van der Waals surface area contributed by atoms with E-state index in [0.29, 0.717) is 24.3 Å². The summed E-state index contributed by atoms with van der Waals surface area (Å²) in [5.74, 6) is 0.526. The molecule has 0 bridgehead atoms. The minimum atomic E-state index is -0.394. The Labute approximate surface area is 76.6 Å². The predicted molar refractivity (Wildman–Crippen MR) is 47.2 cm³/mol. The van der Waals surface area contributed by atoms with Gasteiger partial charge in [-0.25, -0.2) is 0 Å². The molecule has 0 aromatic heterocycles. The predicted octanol–water partition coefficient (Wildman–Crippen LogP) is 2.30. The van der Waals surface area contributed by atoms with Crippen molar-refractivity contribution in [1.29, 1.82) is 5.26 Å². The van der Waals surface area contributed by atoms with Crippen molar-refractivity contribution in [3.8, 4) is 11.8 Å². The van der Waals surface area contributed by atoms with E-state index in [1.54, 1.807) is 24.3 Å². The van der Waals surface area contributed by atoms with Gasteiger partial charge in [-0.15, -0.1) is 0 Å². The van der Waals surface area contributed by atoms with Gasteiger partial charge >= 0.3 is 0 Å². The summed E-state index contributed by atoms with van der Waals surface area (Å²) in [5, 5.41) is 8.67. The Bertz CT molecular complexity index is 306. The van der Waals surface area contributed by atoms with Gasteiger partial charge in [-0.2, -0.15) is 5.26 Å². The monoisotopic (exact) mass is 179 g/mol. The lowest BCUT2D eigenvalue weighted by molar-refractivity contribution is 0.289. The molecule has 2 nitrogen and oxygen atoms in total. The van der Waals surface area contributed by atoms with Crippen molar-refractivity contribution in [1.82, 2.24) is 0 Å². The maximum absolute atomic E-state index is 11.7. The molecule has 0 aliphatic heterocycles. The molecule has 0 heterocycles. The molecular formula is C10H10FNO. The molecule has 1 rings (SSSR count). The van der Waals surface area contributed by atoms with Crippen LogP contribution in [0.2, 0.25) is 0 Å². The number of hydrogen-bond donors (Lipinski definition) is 0. The Balaban J connectivity index is 2.60. The Morgan fingerprint density at radius 2 is 2.15 bits per heavy atom. The van der Waals surface area contributed by atoms with Crippen LogP contribution in [0.4, 0.5) is 4.39 Å². The highest BCUT2D eigenvalue weighted by molar-refractivity contribution is 5.42. The molecule has 0 amide bonds. The Morgan fingerprint density at radius 1 is 1.38 bits per heavy atom. The van der Waals surface area contributed by atoms with Gasteiger partial charge in [0.05, 0.1) is 18.8 Å². The molecule has 1 aromatic rings. The third-order valence-electron chi connectivity index (χ3n) is 1.54. The van der Waals surface area contributed by atoms with Crippen LogP contribution in [-0.4, -0.2) is 13.3 Å². The van der Waals surface area contributed by atoms with Crippen LogP contribution in [0.3, 0.4) is 0 Å². The van der Waals surface area contributed by atoms with Gasteiger partial charge in [-0.05, 0) is 12.1 Å². The highest BCUT2D eigenvalue weighted by atomic mass is 19.1. The van der Waals surface area contributed by atoms with Crippen molar-refractivity contribution in [2.45, 2.75) is 6.42 Å². The van der Waals surface area contributed by atoms with Crippen LogP contribution in [-0.2, 0) is 0 Å². The molecule has 0 saturated carbocycles. The number of nitrogens with zero attached hydrogens (tertiary/aromatic N) is 1. The molecular weight excluding hydrogens is 169 g/mol. The molecule has 0 spiro atoms. The minimum absolute atomic E-state index is 0.315. The summed E-state index contributed by atoms with van der Waals surface area (Å²) in [6.45, 7) is -0.0795. The van der Waals surface area contributed by atoms with Crippen LogP contribution in [0.5, 0.6) is 5.75 Å². The fraction of sp³-hybridized carbons (Fsp3) is 0.300. The van der Waals surface area contributed by atoms with Gasteiger partial charge < -0.3 is 4.74 Å². The van der Waals surface area contributed by atoms with Gasteiger partial charge in [0.15, 0.2) is 0 Å². The van der Waals surface area contributed by atoms with Crippen molar-refractivity contribution in [3.05, 3.63) is 29.8 Å². The summed E-state index contributed by atoms with van der Waals surface area (Å²) in [4.78, 5) is 0. The van der Waals surface area contributed by atoms with Crippen LogP contribution >= 0.6 is 0 Å². The Hall–Kier alpha value is -1.56. The van der Waals surface area contributed by atoms with E-state index in [4.69, 9.17) is 10.00 Å². The molecule has 1 aromatic carbocycles. The van der Waals surface area contributed by atoms with Crippen molar-refractivity contribution in [2.75, 3.05) is 13.3 Å². The largest absolute Gasteiger partial charge is 0.492 e. The van der Waals surface area contributed by atoms with Gasteiger partial charge in [0, 0.05) is 6.42 Å². The lowest BCUT2D eigenvalue weighted by atomic mass is 10.2. The van der Waals surface area contributed by atoms with Crippen molar-refractivity contribution >= 4 is 0 Å². The lowest BCUT2D eigenvalue weighted by Gasteiger charge is -2.05. The third kappa shape index (κ3) is 2.75. The summed E-state index contributed by atoms with van der Waals surface area (Å²) < 4.78 is 16.9. The molecule has 13 heavy (non-hydrogen) atoms. The summed E-state index contributed by atoms with van der Waals surface area (Å²) in [7, 11) is 0.